The molecule has 1 aromatic rings. The van der Waals surface area contributed by atoms with Gasteiger partial charge in [0.1, 0.15) is 0 Å². The number of hydrogen-bond donors (Lipinski definition) is 1. The highest BCUT2D eigenvalue weighted by Crippen LogP contribution is 2.37. The molecule has 0 atom stereocenters. The number of allylic oxidation sites excluding steroid dienone is 4. The second-order valence-electron chi connectivity index (χ2n) is 5.90. The average molecular weight is 353 g/mol. The van der Waals surface area contributed by atoms with Crippen LogP contribution in [0.4, 0.5) is 0 Å². The molecule has 0 aliphatic heterocycles. The summed E-state index contributed by atoms with van der Waals surface area (Å²) in [6.07, 6.45) is 1.38. The average Bonchev–Trinajstić information content (AvgIpc) is 2.71. The number of aryl methyl sites for hydroxylation is 3. The van der Waals surface area contributed by atoms with Crippen molar-refractivity contribution >= 4 is 35.0 Å². The van der Waals surface area contributed by atoms with E-state index in [1.165, 1.54) is 0 Å². The first-order valence-corrected chi connectivity index (χ1v) is 8.08. The van der Waals surface area contributed by atoms with Gasteiger partial charge in [0.15, 0.2) is 5.78 Å². The zero-order valence-corrected chi connectivity index (χ0v) is 14.8. The molecule has 5 heteroatoms. The lowest BCUT2D eigenvalue weighted by molar-refractivity contribution is -0.115. The van der Waals surface area contributed by atoms with E-state index in [9.17, 15) is 14.7 Å². The fraction of sp³-hybridized carbons (Fsp3) is 0.333. The van der Waals surface area contributed by atoms with Crippen LogP contribution in [0.15, 0.2) is 33.3 Å². The van der Waals surface area contributed by atoms with Gasteiger partial charge in [0, 0.05) is 12.0 Å². The van der Waals surface area contributed by atoms with E-state index in [1.807, 2.05) is 19.1 Å². The van der Waals surface area contributed by atoms with Crippen molar-refractivity contribution < 1.29 is 14.7 Å². The summed E-state index contributed by atoms with van der Waals surface area (Å²) in [6, 6.07) is 3.65. The molecule has 0 heterocycles. The molecule has 0 aromatic heterocycles. The van der Waals surface area contributed by atoms with E-state index in [1.54, 1.807) is 13.8 Å². The summed E-state index contributed by atoms with van der Waals surface area (Å²) in [7, 11) is 0. The van der Waals surface area contributed by atoms with E-state index < -0.39 is 5.97 Å². The van der Waals surface area contributed by atoms with Gasteiger partial charge in [0.25, 0.3) is 0 Å². The number of benzene rings is 1. The van der Waals surface area contributed by atoms with Crippen LogP contribution in [0.3, 0.4) is 0 Å². The second kappa shape index (κ2) is 6.90. The van der Waals surface area contributed by atoms with Gasteiger partial charge in [-0.1, -0.05) is 35.3 Å². The molecular formula is C18H18Cl2O3. The number of halogens is 2. The van der Waals surface area contributed by atoms with Crippen LogP contribution in [0.2, 0.25) is 0 Å². The zero-order valence-electron chi connectivity index (χ0n) is 13.3. The summed E-state index contributed by atoms with van der Waals surface area (Å²) < 4.78 is 0. The lowest BCUT2D eigenvalue weighted by Gasteiger charge is -2.09. The van der Waals surface area contributed by atoms with Crippen LogP contribution in [0.5, 0.6) is 0 Å². The van der Waals surface area contributed by atoms with E-state index in [4.69, 9.17) is 23.2 Å². The molecule has 1 aromatic carbocycles. The number of hydrogen-bond acceptors (Lipinski definition) is 2. The quantitative estimate of drug-likeness (QED) is 0.818. The van der Waals surface area contributed by atoms with Crippen molar-refractivity contribution in [2.75, 3.05) is 0 Å². The molecule has 0 radical (unpaired) electrons. The Labute approximate surface area is 145 Å². The summed E-state index contributed by atoms with van der Waals surface area (Å²) in [5, 5.41) is 10.0. The van der Waals surface area contributed by atoms with Crippen molar-refractivity contribution in [1.29, 1.82) is 0 Å². The van der Waals surface area contributed by atoms with Crippen LogP contribution < -0.4 is 0 Å². The molecule has 0 spiro atoms. The van der Waals surface area contributed by atoms with Gasteiger partial charge >= 0.3 is 5.97 Å². The number of carbonyl (C=O) groups excluding carboxylic acids is 1. The smallest absolute Gasteiger partial charge is 0.336 e. The first-order valence-electron chi connectivity index (χ1n) is 7.33. The molecule has 0 saturated heterocycles. The molecule has 23 heavy (non-hydrogen) atoms. The number of carboxylic acids is 1. The molecule has 2 rings (SSSR count). The fourth-order valence-electron chi connectivity index (χ4n) is 2.90. The van der Waals surface area contributed by atoms with Gasteiger partial charge in [-0.15, -0.1) is 0 Å². The molecule has 1 aliphatic rings. The molecule has 1 N–H and O–H groups in total. The van der Waals surface area contributed by atoms with Crippen molar-refractivity contribution in [3.8, 4) is 0 Å². The monoisotopic (exact) mass is 352 g/mol. The van der Waals surface area contributed by atoms with Crippen LogP contribution in [-0.4, -0.2) is 16.9 Å². The van der Waals surface area contributed by atoms with Crippen LogP contribution in [0.1, 0.15) is 46.8 Å². The van der Waals surface area contributed by atoms with Crippen LogP contribution in [-0.2, 0) is 11.2 Å². The summed E-state index contributed by atoms with van der Waals surface area (Å²) in [5.41, 5.74) is 4.18. The van der Waals surface area contributed by atoms with Crippen LogP contribution in [0, 0.1) is 13.8 Å². The first-order chi connectivity index (χ1) is 10.7. The van der Waals surface area contributed by atoms with E-state index in [0.29, 0.717) is 51.6 Å². The molecule has 1 aliphatic carbocycles. The Hall–Kier alpha value is -1.58. The fourth-order valence-corrected chi connectivity index (χ4v) is 3.42. The number of ketones is 1. The van der Waals surface area contributed by atoms with Crippen molar-refractivity contribution in [3.63, 3.8) is 0 Å². The van der Waals surface area contributed by atoms with Crippen LogP contribution in [0.25, 0.3) is 0 Å². The van der Waals surface area contributed by atoms with Gasteiger partial charge in [-0.25, -0.2) is 4.79 Å². The topological polar surface area (TPSA) is 54.4 Å². The van der Waals surface area contributed by atoms with Gasteiger partial charge in [0.2, 0.25) is 0 Å². The van der Waals surface area contributed by atoms with E-state index in [-0.39, 0.29) is 5.78 Å². The lowest BCUT2D eigenvalue weighted by atomic mass is 9.95. The number of Topliss-reactive ketones (excluding diaryl/α,β-unsaturated/α-hetero) is 1. The highest BCUT2D eigenvalue weighted by Gasteiger charge is 2.24. The predicted molar refractivity (Wildman–Crippen MR) is 92.3 cm³/mol. The summed E-state index contributed by atoms with van der Waals surface area (Å²) in [5.74, 6) is -0.940. The highest BCUT2D eigenvalue weighted by molar-refractivity contribution is 6.46. The Morgan fingerprint density at radius 3 is 2.09 bits per heavy atom. The minimum Gasteiger partial charge on any atom is -0.478 e. The number of rotatable bonds is 5. The Morgan fingerprint density at radius 2 is 1.65 bits per heavy atom. The predicted octanol–water partition coefficient (Wildman–Crippen LogP) is 4.91. The Bertz CT molecular complexity index is 735. The summed E-state index contributed by atoms with van der Waals surface area (Å²) >= 11 is 12.1. The van der Waals surface area contributed by atoms with Crippen molar-refractivity contribution in [2.45, 2.75) is 40.0 Å². The molecule has 0 saturated carbocycles. The largest absolute Gasteiger partial charge is 0.478 e. The summed E-state index contributed by atoms with van der Waals surface area (Å²) in [4.78, 5) is 23.5. The number of carboxylic acid groups (broad SMARTS) is 1. The van der Waals surface area contributed by atoms with Crippen molar-refractivity contribution in [3.05, 3.63) is 55.6 Å². The van der Waals surface area contributed by atoms with Crippen LogP contribution >= 0.6 is 23.2 Å². The third-order valence-electron chi connectivity index (χ3n) is 4.06. The van der Waals surface area contributed by atoms with Gasteiger partial charge in [-0.3, -0.25) is 4.79 Å². The number of aromatic carboxylic acids is 1. The SMILES string of the molecule is CC1=C(Cl)C(Cl)=C(C(=O)CCc2cc(C)c(C(=O)O)c(C)c2)C1. The maximum atomic E-state index is 12.3. The molecule has 122 valence electrons. The van der Waals surface area contributed by atoms with Gasteiger partial charge < -0.3 is 5.11 Å². The number of carbonyl (C=O) groups is 2. The van der Waals surface area contributed by atoms with Crippen molar-refractivity contribution in [1.82, 2.24) is 0 Å². The maximum Gasteiger partial charge on any atom is 0.336 e. The van der Waals surface area contributed by atoms with Gasteiger partial charge in [-0.05, 0) is 55.9 Å². The molecular weight excluding hydrogens is 335 g/mol. The molecule has 0 bridgehead atoms. The van der Waals surface area contributed by atoms with E-state index in [0.717, 1.165) is 11.1 Å². The van der Waals surface area contributed by atoms with Crippen molar-refractivity contribution in [2.24, 2.45) is 0 Å². The summed E-state index contributed by atoms with van der Waals surface area (Å²) in [6.45, 7) is 5.40. The Kier molecular flexibility index (Phi) is 5.33. The maximum absolute atomic E-state index is 12.3. The Morgan fingerprint density at radius 1 is 1.09 bits per heavy atom. The molecule has 0 fully saturated rings. The minimum absolute atomic E-state index is 0.0115. The normalized spacial score (nSPS) is 14.7. The van der Waals surface area contributed by atoms with E-state index >= 15 is 0 Å². The standard InChI is InChI=1S/C18H18Cl2O3/c1-9-6-12(7-10(2)15(9)18(22)23)4-5-14(21)13-8-11(3)16(19)17(13)20/h6-7H,4-5,8H2,1-3H3,(H,22,23). The zero-order chi connectivity index (χ0) is 17.3. The Balaban J connectivity index is 2.11. The van der Waals surface area contributed by atoms with Gasteiger partial charge in [-0.2, -0.15) is 0 Å². The molecule has 0 unspecified atom stereocenters. The third-order valence-corrected chi connectivity index (χ3v) is 5.08. The van der Waals surface area contributed by atoms with Gasteiger partial charge in [0.05, 0.1) is 15.6 Å². The molecule has 0 amide bonds. The lowest BCUT2D eigenvalue weighted by Crippen LogP contribution is -2.07. The highest BCUT2D eigenvalue weighted by atomic mass is 35.5. The van der Waals surface area contributed by atoms with E-state index in [2.05, 4.69) is 0 Å². The molecule has 3 nitrogen and oxygen atoms in total. The first kappa shape index (κ1) is 17.8. The third kappa shape index (κ3) is 3.67. The second-order valence-corrected chi connectivity index (χ2v) is 6.65. The minimum atomic E-state index is -0.929.